The van der Waals surface area contributed by atoms with E-state index in [9.17, 15) is 8.42 Å². The van der Waals surface area contributed by atoms with E-state index < -0.39 is 9.84 Å². The molecule has 1 unspecified atom stereocenters. The molecule has 0 aromatic rings. The van der Waals surface area contributed by atoms with Gasteiger partial charge in [-0.05, 0) is 31.7 Å². The van der Waals surface area contributed by atoms with Gasteiger partial charge >= 0.3 is 0 Å². The predicted molar refractivity (Wildman–Crippen MR) is 70.5 cm³/mol. The molecule has 0 aliphatic rings. The summed E-state index contributed by atoms with van der Waals surface area (Å²) in [6.07, 6.45) is 2.58. The Hall–Kier alpha value is -0.0900. The van der Waals surface area contributed by atoms with Crippen LogP contribution in [0.2, 0.25) is 0 Å². The molecule has 0 aliphatic heterocycles. The molecule has 0 saturated carbocycles. The number of hydrogen-bond donors (Lipinski definition) is 1. The van der Waals surface area contributed by atoms with E-state index in [0.29, 0.717) is 23.5 Å². The summed E-state index contributed by atoms with van der Waals surface area (Å²) in [5.41, 5.74) is 0. The minimum absolute atomic E-state index is 0.337. The van der Waals surface area contributed by atoms with Gasteiger partial charge in [-0.15, -0.1) is 0 Å². The Morgan fingerprint density at radius 1 is 1.06 bits per heavy atom. The zero-order valence-corrected chi connectivity index (χ0v) is 11.9. The second-order valence-electron chi connectivity index (χ2n) is 4.94. The lowest BCUT2D eigenvalue weighted by molar-refractivity contribution is 0.466. The van der Waals surface area contributed by atoms with Crippen LogP contribution >= 0.6 is 0 Å². The summed E-state index contributed by atoms with van der Waals surface area (Å²) in [4.78, 5) is 0. The predicted octanol–water partition coefficient (Wildman–Crippen LogP) is 2.23. The molecular formula is C12H27NO2S. The van der Waals surface area contributed by atoms with Crippen LogP contribution in [-0.2, 0) is 9.84 Å². The Balaban J connectivity index is 3.68. The third-order valence-electron chi connectivity index (χ3n) is 2.63. The van der Waals surface area contributed by atoms with Crippen molar-refractivity contribution in [1.82, 2.24) is 5.32 Å². The maximum absolute atomic E-state index is 11.5. The van der Waals surface area contributed by atoms with Gasteiger partial charge in [0, 0.05) is 11.8 Å². The molecule has 0 bridgehead atoms. The largest absolute Gasteiger partial charge is 0.315 e. The van der Waals surface area contributed by atoms with Gasteiger partial charge in [0.05, 0.1) is 5.75 Å². The van der Waals surface area contributed by atoms with Crippen molar-refractivity contribution in [3.8, 4) is 0 Å². The van der Waals surface area contributed by atoms with Crippen molar-refractivity contribution < 1.29 is 8.42 Å². The lowest BCUT2D eigenvalue weighted by Crippen LogP contribution is -2.25. The second-order valence-corrected chi connectivity index (χ2v) is 7.25. The molecule has 3 nitrogen and oxygen atoms in total. The Labute approximate surface area is 101 Å². The number of sulfone groups is 1. The molecule has 1 atom stereocenters. The molecule has 0 aromatic carbocycles. The van der Waals surface area contributed by atoms with Crippen LogP contribution in [0.15, 0.2) is 0 Å². The third-order valence-corrected chi connectivity index (χ3v) is 4.51. The van der Waals surface area contributed by atoms with Crippen molar-refractivity contribution in [3.63, 3.8) is 0 Å². The molecule has 4 heteroatoms. The van der Waals surface area contributed by atoms with Gasteiger partial charge in [0.1, 0.15) is 9.84 Å². The van der Waals surface area contributed by atoms with Crippen molar-refractivity contribution in [1.29, 1.82) is 0 Å². The van der Waals surface area contributed by atoms with E-state index in [0.717, 1.165) is 25.8 Å². The molecule has 0 aliphatic carbocycles. The summed E-state index contributed by atoms with van der Waals surface area (Å²) in [6.45, 7) is 9.26. The molecule has 0 heterocycles. The van der Waals surface area contributed by atoms with Gasteiger partial charge in [-0.3, -0.25) is 0 Å². The minimum Gasteiger partial charge on any atom is -0.315 e. The fourth-order valence-electron chi connectivity index (χ4n) is 1.56. The van der Waals surface area contributed by atoms with Gasteiger partial charge in [0.2, 0.25) is 0 Å². The highest BCUT2D eigenvalue weighted by molar-refractivity contribution is 7.91. The van der Waals surface area contributed by atoms with Gasteiger partial charge in [-0.2, -0.15) is 0 Å². The first kappa shape index (κ1) is 15.9. The molecule has 0 spiro atoms. The summed E-state index contributed by atoms with van der Waals surface area (Å²) in [6, 6.07) is 0.510. The van der Waals surface area contributed by atoms with E-state index >= 15 is 0 Å². The molecule has 0 saturated heterocycles. The van der Waals surface area contributed by atoms with E-state index in [1.54, 1.807) is 0 Å². The van der Waals surface area contributed by atoms with E-state index in [4.69, 9.17) is 0 Å². The number of rotatable bonds is 9. The Bertz CT molecular complexity index is 260. The van der Waals surface area contributed by atoms with E-state index in [1.807, 2.05) is 6.92 Å². The average molecular weight is 249 g/mol. The van der Waals surface area contributed by atoms with Crippen LogP contribution in [0.4, 0.5) is 0 Å². The van der Waals surface area contributed by atoms with Crippen molar-refractivity contribution in [2.24, 2.45) is 5.92 Å². The minimum atomic E-state index is -2.79. The fraction of sp³-hybridized carbons (Fsp3) is 1.00. The maximum atomic E-state index is 11.5. The van der Waals surface area contributed by atoms with Gasteiger partial charge in [-0.1, -0.05) is 27.7 Å². The fourth-order valence-corrected chi connectivity index (χ4v) is 3.14. The smallest absolute Gasteiger partial charge is 0.150 e. The molecular weight excluding hydrogens is 222 g/mol. The highest BCUT2D eigenvalue weighted by Gasteiger charge is 2.11. The molecule has 0 radical (unpaired) electrons. The van der Waals surface area contributed by atoms with Crippen LogP contribution in [0.25, 0.3) is 0 Å². The average Bonchev–Trinajstić information content (AvgIpc) is 2.14. The van der Waals surface area contributed by atoms with Gasteiger partial charge in [-0.25, -0.2) is 8.42 Å². The first-order valence-electron chi connectivity index (χ1n) is 6.31. The molecule has 0 fully saturated rings. The first-order chi connectivity index (χ1) is 7.37. The van der Waals surface area contributed by atoms with Gasteiger partial charge < -0.3 is 5.32 Å². The SMILES string of the molecule is CCCS(=O)(=O)CCC(C)CCNC(C)C. The van der Waals surface area contributed by atoms with Crippen LogP contribution in [0.5, 0.6) is 0 Å². The van der Waals surface area contributed by atoms with E-state index in [-0.39, 0.29) is 0 Å². The molecule has 98 valence electrons. The van der Waals surface area contributed by atoms with E-state index in [2.05, 4.69) is 26.1 Å². The summed E-state index contributed by atoms with van der Waals surface area (Å²) >= 11 is 0. The van der Waals surface area contributed by atoms with Gasteiger partial charge in [0.15, 0.2) is 0 Å². The summed E-state index contributed by atoms with van der Waals surface area (Å²) in [5, 5.41) is 3.35. The van der Waals surface area contributed by atoms with Crippen molar-refractivity contribution >= 4 is 9.84 Å². The lowest BCUT2D eigenvalue weighted by atomic mass is 10.1. The van der Waals surface area contributed by atoms with Crippen LogP contribution in [0.1, 0.15) is 47.0 Å². The maximum Gasteiger partial charge on any atom is 0.150 e. The Morgan fingerprint density at radius 2 is 1.69 bits per heavy atom. The topological polar surface area (TPSA) is 46.2 Å². The summed E-state index contributed by atoms with van der Waals surface area (Å²) < 4.78 is 23.0. The highest BCUT2D eigenvalue weighted by Crippen LogP contribution is 2.09. The summed E-state index contributed by atoms with van der Waals surface area (Å²) in [7, 11) is -2.79. The van der Waals surface area contributed by atoms with Crippen LogP contribution in [-0.4, -0.2) is 32.5 Å². The molecule has 16 heavy (non-hydrogen) atoms. The lowest BCUT2D eigenvalue weighted by Gasteiger charge is -2.13. The quantitative estimate of drug-likeness (QED) is 0.681. The van der Waals surface area contributed by atoms with Crippen molar-refractivity contribution in [2.75, 3.05) is 18.1 Å². The third kappa shape index (κ3) is 9.16. The van der Waals surface area contributed by atoms with Crippen molar-refractivity contribution in [3.05, 3.63) is 0 Å². The monoisotopic (exact) mass is 249 g/mol. The molecule has 0 aromatic heterocycles. The van der Waals surface area contributed by atoms with Gasteiger partial charge in [0.25, 0.3) is 0 Å². The molecule has 0 amide bonds. The van der Waals surface area contributed by atoms with E-state index in [1.165, 1.54) is 0 Å². The summed E-state index contributed by atoms with van der Waals surface area (Å²) in [5.74, 6) is 1.17. The standard InChI is InChI=1S/C12H27NO2S/c1-5-9-16(14,15)10-7-12(4)6-8-13-11(2)3/h11-13H,5-10H2,1-4H3. The Morgan fingerprint density at radius 3 is 2.19 bits per heavy atom. The van der Waals surface area contributed by atoms with Crippen LogP contribution in [0.3, 0.4) is 0 Å². The highest BCUT2D eigenvalue weighted by atomic mass is 32.2. The van der Waals surface area contributed by atoms with Crippen LogP contribution < -0.4 is 5.32 Å². The second kappa shape index (κ2) is 8.07. The normalized spacial score (nSPS) is 14.3. The number of nitrogens with one attached hydrogen (secondary N) is 1. The van der Waals surface area contributed by atoms with Crippen molar-refractivity contribution in [2.45, 2.75) is 53.0 Å². The zero-order valence-electron chi connectivity index (χ0n) is 11.1. The number of hydrogen-bond acceptors (Lipinski definition) is 3. The molecule has 0 rings (SSSR count). The van der Waals surface area contributed by atoms with Crippen LogP contribution in [0, 0.1) is 5.92 Å². The molecule has 1 N–H and O–H groups in total. The zero-order chi connectivity index (χ0) is 12.6. The Kier molecular flexibility index (Phi) is 8.02. The first-order valence-corrected chi connectivity index (χ1v) is 8.13.